The topological polar surface area (TPSA) is 98.7 Å². The highest BCUT2D eigenvalue weighted by Gasteiger charge is 2.41. The van der Waals surface area contributed by atoms with Gasteiger partial charge in [0.25, 0.3) is 5.91 Å². The minimum Gasteiger partial charge on any atom is -0.503 e. The third kappa shape index (κ3) is 2.57. The number of carbonyl (C=O) groups is 3. The molecule has 0 unspecified atom stereocenters. The van der Waals surface area contributed by atoms with E-state index in [1.807, 2.05) is 0 Å². The van der Waals surface area contributed by atoms with Crippen LogP contribution in [0.15, 0.2) is 23.6 Å². The molecule has 3 N–H and O–H groups in total. The molecule has 2 aliphatic rings. The Morgan fingerprint density at radius 2 is 2.00 bits per heavy atom. The number of hydrogen-bond donors (Lipinski definition) is 3. The van der Waals surface area contributed by atoms with Gasteiger partial charge in [-0.05, 0) is 20.3 Å². The maximum Gasteiger partial charge on any atom is 0.294 e. The van der Waals surface area contributed by atoms with E-state index in [0.717, 1.165) is 6.08 Å². The van der Waals surface area contributed by atoms with Crippen molar-refractivity contribution >= 4 is 17.6 Å². The van der Waals surface area contributed by atoms with Crippen LogP contribution in [0.2, 0.25) is 0 Å². The standard InChI is InChI=1S/C13H17N3O4/c1-13(2)15-7-10(18)8-4-3-5-14-11(19)6-9(17)12(20)16(8)13/h4,6,15,17H,3,5,7H2,1-2H3,(H,14,19)/b8-4+,9-6-. The molecule has 7 heteroatoms. The normalized spacial score (nSPS) is 28.7. The van der Waals surface area contributed by atoms with Crippen molar-refractivity contribution in [2.45, 2.75) is 25.9 Å². The Morgan fingerprint density at radius 1 is 1.30 bits per heavy atom. The fourth-order valence-corrected chi connectivity index (χ4v) is 2.22. The van der Waals surface area contributed by atoms with E-state index in [1.165, 1.54) is 4.90 Å². The Labute approximate surface area is 116 Å². The predicted octanol–water partition coefficient (Wildman–Crippen LogP) is -0.431. The lowest BCUT2D eigenvalue weighted by Crippen LogP contribution is -2.63. The molecule has 0 atom stereocenters. The number of fused-ring (bicyclic) bond motifs is 1. The predicted molar refractivity (Wildman–Crippen MR) is 70.4 cm³/mol. The van der Waals surface area contributed by atoms with Gasteiger partial charge in [0.15, 0.2) is 11.5 Å². The van der Waals surface area contributed by atoms with Gasteiger partial charge in [0.1, 0.15) is 0 Å². The van der Waals surface area contributed by atoms with Crippen LogP contribution in [-0.4, -0.2) is 46.4 Å². The molecule has 0 aliphatic carbocycles. The van der Waals surface area contributed by atoms with Crippen LogP contribution in [0.5, 0.6) is 0 Å². The molecular weight excluding hydrogens is 262 g/mol. The van der Waals surface area contributed by atoms with Crippen molar-refractivity contribution < 1.29 is 19.5 Å². The van der Waals surface area contributed by atoms with Gasteiger partial charge in [-0.2, -0.15) is 0 Å². The molecule has 0 spiro atoms. The van der Waals surface area contributed by atoms with Gasteiger partial charge in [-0.1, -0.05) is 6.08 Å². The fraction of sp³-hybridized carbons (Fsp3) is 0.462. The lowest BCUT2D eigenvalue weighted by Gasteiger charge is -2.43. The molecule has 2 aliphatic heterocycles. The van der Waals surface area contributed by atoms with E-state index in [0.29, 0.717) is 13.0 Å². The van der Waals surface area contributed by atoms with Crippen molar-refractivity contribution in [3.63, 3.8) is 0 Å². The number of Topliss-reactive ketones (excluding diaryl/α,β-unsaturated/α-hetero) is 1. The Bertz CT molecular complexity index is 534. The third-order valence-electron chi connectivity index (χ3n) is 3.24. The van der Waals surface area contributed by atoms with Crippen LogP contribution in [0, 0.1) is 0 Å². The Kier molecular flexibility index (Phi) is 3.63. The summed E-state index contributed by atoms with van der Waals surface area (Å²) >= 11 is 0. The van der Waals surface area contributed by atoms with Crippen molar-refractivity contribution in [3.05, 3.63) is 23.6 Å². The van der Waals surface area contributed by atoms with Crippen LogP contribution in [-0.2, 0) is 14.4 Å². The molecule has 0 aromatic rings. The summed E-state index contributed by atoms with van der Waals surface area (Å²) in [7, 11) is 0. The number of aliphatic hydroxyl groups is 1. The molecule has 1 fully saturated rings. The first-order valence-corrected chi connectivity index (χ1v) is 6.34. The van der Waals surface area contributed by atoms with Crippen LogP contribution in [0.3, 0.4) is 0 Å². The summed E-state index contributed by atoms with van der Waals surface area (Å²) in [6.07, 6.45) is 2.88. The van der Waals surface area contributed by atoms with Crippen molar-refractivity contribution in [1.82, 2.24) is 15.5 Å². The Balaban J connectivity index is 2.49. The summed E-state index contributed by atoms with van der Waals surface area (Å²) in [5.74, 6) is -2.24. The first-order chi connectivity index (χ1) is 9.33. The summed E-state index contributed by atoms with van der Waals surface area (Å²) < 4.78 is 0. The second-order valence-electron chi connectivity index (χ2n) is 5.17. The minimum absolute atomic E-state index is 0.124. The van der Waals surface area contributed by atoms with E-state index >= 15 is 0 Å². The highest BCUT2D eigenvalue weighted by molar-refractivity contribution is 6.06. The quantitative estimate of drug-likeness (QED) is 0.559. The summed E-state index contributed by atoms with van der Waals surface area (Å²) in [6.45, 7) is 3.91. The lowest BCUT2D eigenvalue weighted by atomic mass is 10.0. The zero-order valence-corrected chi connectivity index (χ0v) is 11.4. The van der Waals surface area contributed by atoms with E-state index in [2.05, 4.69) is 10.6 Å². The van der Waals surface area contributed by atoms with E-state index in [1.54, 1.807) is 19.9 Å². The van der Waals surface area contributed by atoms with Crippen LogP contribution < -0.4 is 10.6 Å². The molecule has 20 heavy (non-hydrogen) atoms. The highest BCUT2D eigenvalue weighted by Crippen LogP contribution is 2.25. The zero-order valence-electron chi connectivity index (χ0n) is 11.4. The second kappa shape index (κ2) is 5.09. The van der Waals surface area contributed by atoms with E-state index < -0.39 is 23.2 Å². The number of amides is 2. The molecule has 1 saturated heterocycles. The Morgan fingerprint density at radius 3 is 2.70 bits per heavy atom. The van der Waals surface area contributed by atoms with Crippen LogP contribution >= 0.6 is 0 Å². The van der Waals surface area contributed by atoms with Crippen molar-refractivity contribution in [1.29, 1.82) is 0 Å². The molecule has 2 amide bonds. The minimum atomic E-state index is -0.825. The van der Waals surface area contributed by atoms with Crippen LogP contribution in [0.25, 0.3) is 0 Å². The molecule has 0 radical (unpaired) electrons. The molecule has 7 nitrogen and oxygen atoms in total. The summed E-state index contributed by atoms with van der Waals surface area (Å²) in [5.41, 5.74) is -0.580. The highest BCUT2D eigenvalue weighted by atomic mass is 16.3. The number of hydrogen-bond acceptors (Lipinski definition) is 5. The average molecular weight is 279 g/mol. The number of nitrogens with zero attached hydrogens (tertiary/aromatic N) is 1. The molecule has 0 saturated carbocycles. The Hall–Kier alpha value is -2.15. The molecule has 0 aromatic heterocycles. The zero-order chi connectivity index (χ0) is 14.9. The van der Waals surface area contributed by atoms with Crippen LogP contribution in [0.1, 0.15) is 20.3 Å². The van der Waals surface area contributed by atoms with E-state index in [4.69, 9.17) is 0 Å². The molecular formula is C13H17N3O4. The number of rotatable bonds is 0. The summed E-state index contributed by atoms with van der Waals surface area (Å²) in [5, 5.41) is 15.2. The summed E-state index contributed by atoms with van der Waals surface area (Å²) in [4.78, 5) is 36.9. The smallest absolute Gasteiger partial charge is 0.294 e. The van der Waals surface area contributed by atoms with Gasteiger partial charge in [-0.3, -0.25) is 24.6 Å². The maximum atomic E-state index is 12.3. The number of ketones is 1. The first kappa shape index (κ1) is 14.3. The van der Waals surface area contributed by atoms with Gasteiger partial charge in [0, 0.05) is 6.54 Å². The molecule has 2 heterocycles. The van der Waals surface area contributed by atoms with Gasteiger partial charge in [0.2, 0.25) is 5.91 Å². The van der Waals surface area contributed by atoms with Crippen molar-refractivity contribution in [3.8, 4) is 0 Å². The number of carbonyl (C=O) groups excluding carboxylic acids is 3. The molecule has 0 aromatic carbocycles. The van der Waals surface area contributed by atoms with Gasteiger partial charge >= 0.3 is 0 Å². The summed E-state index contributed by atoms with van der Waals surface area (Å²) in [6, 6.07) is 0. The van der Waals surface area contributed by atoms with E-state index in [9.17, 15) is 19.5 Å². The van der Waals surface area contributed by atoms with Gasteiger partial charge in [-0.25, -0.2) is 0 Å². The second-order valence-corrected chi connectivity index (χ2v) is 5.17. The van der Waals surface area contributed by atoms with Gasteiger partial charge in [-0.15, -0.1) is 0 Å². The number of aliphatic hydroxyl groups excluding tert-OH is 1. The third-order valence-corrected chi connectivity index (χ3v) is 3.24. The monoisotopic (exact) mass is 279 g/mol. The SMILES string of the molecule is CC1(C)NCC(=O)/C2=C\CCNC(=O)/C=C(\O)C(=O)N21. The van der Waals surface area contributed by atoms with Gasteiger partial charge in [0.05, 0.1) is 24.0 Å². The number of nitrogens with one attached hydrogen (secondary N) is 2. The molecule has 2 rings (SSSR count). The average Bonchev–Trinajstić information content (AvgIpc) is 2.36. The van der Waals surface area contributed by atoms with Crippen LogP contribution in [0.4, 0.5) is 0 Å². The lowest BCUT2D eigenvalue weighted by molar-refractivity contribution is -0.139. The first-order valence-electron chi connectivity index (χ1n) is 6.34. The maximum absolute atomic E-state index is 12.3. The van der Waals surface area contributed by atoms with Crippen molar-refractivity contribution in [2.75, 3.05) is 13.1 Å². The van der Waals surface area contributed by atoms with E-state index in [-0.39, 0.29) is 18.0 Å². The molecule has 108 valence electrons. The fourth-order valence-electron chi connectivity index (χ4n) is 2.22. The molecule has 0 bridgehead atoms. The van der Waals surface area contributed by atoms with Gasteiger partial charge < -0.3 is 10.4 Å². The largest absolute Gasteiger partial charge is 0.503 e. The van der Waals surface area contributed by atoms with Crippen molar-refractivity contribution in [2.24, 2.45) is 0 Å².